The highest BCUT2D eigenvalue weighted by Crippen LogP contribution is 2.33. The first kappa shape index (κ1) is 12.6. The van der Waals surface area contributed by atoms with Gasteiger partial charge in [-0.05, 0) is 24.8 Å². The molecule has 2 rings (SSSR count). The van der Waals surface area contributed by atoms with Gasteiger partial charge in [0.2, 0.25) is 10.0 Å². The van der Waals surface area contributed by atoms with Gasteiger partial charge in [-0.3, -0.25) is 0 Å². The lowest BCUT2D eigenvalue weighted by Gasteiger charge is -2.29. The summed E-state index contributed by atoms with van der Waals surface area (Å²) in [4.78, 5) is 0. The van der Waals surface area contributed by atoms with Crippen LogP contribution in [0.4, 0.5) is 0 Å². The van der Waals surface area contributed by atoms with Crippen LogP contribution in [0, 0.1) is 0 Å². The quantitative estimate of drug-likeness (QED) is 0.893. The van der Waals surface area contributed by atoms with Gasteiger partial charge >= 0.3 is 0 Å². The van der Waals surface area contributed by atoms with Crippen LogP contribution in [0.25, 0.3) is 0 Å². The molecule has 0 heterocycles. The predicted octanol–water partition coefficient (Wildman–Crippen LogP) is 2.09. The number of sulfonamides is 1. The Balaban J connectivity index is 2.18. The van der Waals surface area contributed by atoms with Crippen LogP contribution in [-0.2, 0) is 16.4 Å². The van der Waals surface area contributed by atoms with Crippen molar-refractivity contribution in [2.24, 2.45) is 0 Å². The van der Waals surface area contributed by atoms with E-state index in [1.165, 1.54) is 11.8 Å². The van der Waals surface area contributed by atoms with Crippen molar-refractivity contribution in [3.8, 4) is 0 Å². The van der Waals surface area contributed by atoms with Crippen LogP contribution in [0.1, 0.15) is 31.2 Å². The van der Waals surface area contributed by atoms with Gasteiger partial charge in [0.25, 0.3) is 0 Å². The molecule has 0 aliphatic heterocycles. The number of benzene rings is 1. The summed E-state index contributed by atoms with van der Waals surface area (Å²) in [5.74, 6) is 0. The van der Waals surface area contributed by atoms with Crippen molar-refractivity contribution in [1.82, 2.24) is 4.72 Å². The molecule has 0 spiro atoms. The zero-order valence-electron chi connectivity index (χ0n) is 10.1. The highest BCUT2D eigenvalue weighted by molar-refractivity contribution is 7.88. The van der Waals surface area contributed by atoms with Crippen LogP contribution in [0.15, 0.2) is 30.3 Å². The Labute approximate surface area is 103 Å². The Morgan fingerprint density at radius 3 is 2.29 bits per heavy atom. The van der Waals surface area contributed by atoms with Gasteiger partial charge in [0, 0.05) is 5.54 Å². The summed E-state index contributed by atoms with van der Waals surface area (Å²) >= 11 is 0. The SMILES string of the molecule is CS(=O)(=O)NC1(Cc2ccccc2)CCCC1. The predicted molar refractivity (Wildman–Crippen MR) is 69.3 cm³/mol. The van der Waals surface area contributed by atoms with E-state index in [1.807, 2.05) is 18.2 Å². The lowest BCUT2D eigenvalue weighted by atomic mass is 9.90. The van der Waals surface area contributed by atoms with Gasteiger partial charge in [-0.15, -0.1) is 0 Å². The van der Waals surface area contributed by atoms with Crippen molar-refractivity contribution in [1.29, 1.82) is 0 Å². The van der Waals surface area contributed by atoms with E-state index in [2.05, 4.69) is 16.9 Å². The first-order chi connectivity index (χ1) is 7.99. The van der Waals surface area contributed by atoms with Crippen LogP contribution in [0.2, 0.25) is 0 Å². The van der Waals surface area contributed by atoms with Crippen molar-refractivity contribution >= 4 is 10.0 Å². The molecule has 0 amide bonds. The molecule has 0 atom stereocenters. The Morgan fingerprint density at radius 1 is 1.18 bits per heavy atom. The number of hydrogen-bond acceptors (Lipinski definition) is 2. The molecule has 3 nitrogen and oxygen atoms in total. The smallest absolute Gasteiger partial charge is 0.209 e. The van der Waals surface area contributed by atoms with E-state index in [0.717, 1.165) is 32.1 Å². The van der Waals surface area contributed by atoms with E-state index < -0.39 is 10.0 Å². The fourth-order valence-electron chi connectivity index (χ4n) is 2.75. The zero-order valence-corrected chi connectivity index (χ0v) is 11.0. The molecule has 0 aromatic heterocycles. The van der Waals surface area contributed by atoms with Crippen molar-refractivity contribution < 1.29 is 8.42 Å². The molecule has 1 aliphatic rings. The number of rotatable bonds is 4. The van der Waals surface area contributed by atoms with Crippen molar-refractivity contribution in [3.05, 3.63) is 35.9 Å². The second kappa shape index (κ2) is 4.78. The second-order valence-electron chi connectivity index (χ2n) is 5.02. The van der Waals surface area contributed by atoms with Crippen molar-refractivity contribution in [2.45, 2.75) is 37.6 Å². The molecule has 0 unspecified atom stereocenters. The molecule has 4 heteroatoms. The molecule has 17 heavy (non-hydrogen) atoms. The van der Waals surface area contributed by atoms with E-state index in [-0.39, 0.29) is 5.54 Å². The van der Waals surface area contributed by atoms with Crippen LogP contribution < -0.4 is 4.72 Å². The first-order valence-electron chi connectivity index (χ1n) is 6.02. The molecular formula is C13H19NO2S. The Bertz CT molecular complexity index is 461. The monoisotopic (exact) mass is 253 g/mol. The summed E-state index contributed by atoms with van der Waals surface area (Å²) in [5.41, 5.74) is 0.945. The van der Waals surface area contributed by atoms with E-state index in [0.29, 0.717) is 0 Å². The number of hydrogen-bond donors (Lipinski definition) is 1. The molecule has 0 bridgehead atoms. The lowest BCUT2D eigenvalue weighted by molar-refractivity contribution is 0.388. The van der Waals surface area contributed by atoms with E-state index in [4.69, 9.17) is 0 Å². The van der Waals surface area contributed by atoms with E-state index >= 15 is 0 Å². The van der Waals surface area contributed by atoms with E-state index in [1.54, 1.807) is 0 Å². The summed E-state index contributed by atoms with van der Waals surface area (Å²) in [6.45, 7) is 0. The average molecular weight is 253 g/mol. The summed E-state index contributed by atoms with van der Waals surface area (Å²) in [5, 5.41) is 0. The Hall–Kier alpha value is -0.870. The summed E-state index contributed by atoms with van der Waals surface area (Å²) in [7, 11) is -3.14. The van der Waals surface area contributed by atoms with Gasteiger partial charge in [-0.25, -0.2) is 13.1 Å². The van der Waals surface area contributed by atoms with Crippen molar-refractivity contribution in [2.75, 3.05) is 6.26 Å². The van der Waals surface area contributed by atoms with Gasteiger partial charge in [-0.2, -0.15) is 0 Å². The molecule has 94 valence electrons. The summed E-state index contributed by atoms with van der Waals surface area (Å²) in [6.07, 6.45) is 6.13. The molecule has 1 N–H and O–H groups in total. The molecule has 1 fully saturated rings. The minimum Gasteiger partial charge on any atom is -0.213 e. The Kier molecular flexibility index (Phi) is 3.54. The fraction of sp³-hybridized carbons (Fsp3) is 0.538. The normalized spacial score (nSPS) is 19.4. The topological polar surface area (TPSA) is 46.2 Å². The molecule has 1 aliphatic carbocycles. The largest absolute Gasteiger partial charge is 0.213 e. The minimum atomic E-state index is -3.14. The molecule has 1 aromatic carbocycles. The van der Waals surface area contributed by atoms with E-state index in [9.17, 15) is 8.42 Å². The third-order valence-corrected chi connectivity index (χ3v) is 4.15. The maximum Gasteiger partial charge on any atom is 0.209 e. The average Bonchev–Trinajstić information content (AvgIpc) is 2.65. The molecule has 0 radical (unpaired) electrons. The molecule has 1 aromatic rings. The standard InChI is InChI=1S/C13H19NO2S/c1-17(15,16)14-13(9-5-6-10-13)11-12-7-3-2-4-8-12/h2-4,7-8,14H,5-6,9-11H2,1H3. The third-order valence-electron chi connectivity index (χ3n) is 3.35. The molecule has 1 saturated carbocycles. The van der Waals surface area contributed by atoms with Crippen LogP contribution in [-0.4, -0.2) is 20.2 Å². The second-order valence-corrected chi connectivity index (χ2v) is 6.77. The van der Waals surface area contributed by atoms with Gasteiger partial charge in [0.15, 0.2) is 0 Å². The lowest BCUT2D eigenvalue weighted by Crippen LogP contribution is -2.47. The molecule has 0 saturated heterocycles. The van der Waals surface area contributed by atoms with Crippen LogP contribution in [0.5, 0.6) is 0 Å². The van der Waals surface area contributed by atoms with Gasteiger partial charge in [-0.1, -0.05) is 43.2 Å². The third kappa shape index (κ3) is 3.54. The Morgan fingerprint density at radius 2 is 1.76 bits per heavy atom. The minimum absolute atomic E-state index is 0.255. The van der Waals surface area contributed by atoms with Gasteiger partial charge in [0.05, 0.1) is 6.26 Å². The van der Waals surface area contributed by atoms with Crippen molar-refractivity contribution in [3.63, 3.8) is 0 Å². The van der Waals surface area contributed by atoms with Gasteiger partial charge in [0.1, 0.15) is 0 Å². The first-order valence-corrected chi connectivity index (χ1v) is 7.91. The maximum atomic E-state index is 11.5. The summed E-state index contributed by atoms with van der Waals surface area (Å²) < 4.78 is 25.8. The number of nitrogens with one attached hydrogen (secondary N) is 1. The highest BCUT2D eigenvalue weighted by atomic mass is 32.2. The highest BCUT2D eigenvalue weighted by Gasteiger charge is 2.36. The molecular weight excluding hydrogens is 234 g/mol. The van der Waals surface area contributed by atoms with Crippen LogP contribution >= 0.6 is 0 Å². The maximum absolute atomic E-state index is 11.5. The fourth-order valence-corrected chi connectivity index (χ4v) is 3.81. The zero-order chi connectivity index (χ0) is 12.4. The summed E-state index contributed by atoms with van der Waals surface area (Å²) in [6, 6.07) is 10.1. The van der Waals surface area contributed by atoms with Crippen LogP contribution in [0.3, 0.4) is 0 Å². The van der Waals surface area contributed by atoms with Gasteiger partial charge < -0.3 is 0 Å².